The molecular formula is C43H54Cl2F3N7O4. The standard InChI is InChI=1S/C41H53Cl2N7O2.C2HF3O2/c1-40(2,33-23-31(25-44)38(37(43)24-33)51-22-14-42)32-3-5-36(6-4-32)52-27-34-9-17-46-39(47-34)50-28-41(29-50)12-20-49(21-13-41)35-10-18-48(19-11-35)26-30-7-15-45-16-8-30;3-2(4,5)1(6)7/h3-6,9,17,23-24,30,35,45H,7-8,10-16,18-22,26-29H2,1-2H3;(H,6,7). The summed E-state index contributed by atoms with van der Waals surface area (Å²) >= 11 is 12.3. The van der Waals surface area contributed by atoms with Crippen molar-refractivity contribution in [2.45, 2.75) is 76.6 Å². The smallest absolute Gasteiger partial charge is 0.489 e. The van der Waals surface area contributed by atoms with Gasteiger partial charge in [0.1, 0.15) is 25.0 Å². The number of ether oxygens (including phenoxy) is 2. The van der Waals surface area contributed by atoms with Gasteiger partial charge >= 0.3 is 12.1 Å². The van der Waals surface area contributed by atoms with Crippen LogP contribution in [-0.2, 0) is 16.8 Å². The molecular weight excluding hydrogens is 806 g/mol. The topological polar surface area (TPSA) is 127 Å². The number of alkyl halides is 4. The zero-order chi connectivity index (χ0) is 42.2. The highest BCUT2D eigenvalue weighted by Gasteiger charge is 2.46. The Morgan fingerprint density at radius 1 is 1.00 bits per heavy atom. The molecule has 0 atom stereocenters. The van der Waals surface area contributed by atoms with Crippen LogP contribution in [0.1, 0.15) is 74.8 Å². The Morgan fingerprint density at radius 3 is 2.27 bits per heavy atom. The predicted octanol–water partition coefficient (Wildman–Crippen LogP) is 7.52. The molecule has 4 aliphatic heterocycles. The SMILES string of the molecule is CC(C)(c1ccc(OCc2ccnc(N3CC4(CCN(C5CCN(CC6CCNCC6)CC5)CC4)C3)n2)cc1)c1cc(Cl)c(OCCCl)c(C#N)c1.O=C(O)C(F)(F)F. The summed E-state index contributed by atoms with van der Waals surface area (Å²) in [5.74, 6) is 0.401. The number of nitrogens with one attached hydrogen (secondary N) is 1. The first-order valence-corrected chi connectivity index (χ1v) is 21.3. The largest absolute Gasteiger partial charge is 0.490 e. The van der Waals surface area contributed by atoms with Crippen molar-refractivity contribution in [3.63, 3.8) is 0 Å². The molecule has 0 saturated carbocycles. The van der Waals surface area contributed by atoms with Gasteiger partial charge < -0.3 is 34.6 Å². The highest BCUT2D eigenvalue weighted by Crippen LogP contribution is 2.43. The number of carbonyl (C=O) groups is 1. The van der Waals surface area contributed by atoms with E-state index in [4.69, 9.17) is 47.6 Å². The Bertz CT molecular complexity index is 1900. The molecule has 7 rings (SSSR count). The van der Waals surface area contributed by atoms with Crippen molar-refractivity contribution in [3.05, 3.63) is 76.1 Å². The maximum atomic E-state index is 10.6. The van der Waals surface area contributed by atoms with Crippen LogP contribution in [0.2, 0.25) is 5.02 Å². The van der Waals surface area contributed by atoms with Crippen molar-refractivity contribution < 1.29 is 32.5 Å². The van der Waals surface area contributed by atoms with Crippen molar-refractivity contribution in [1.29, 1.82) is 5.26 Å². The number of hydrogen-bond donors (Lipinski definition) is 2. The first-order valence-electron chi connectivity index (χ1n) is 20.4. The summed E-state index contributed by atoms with van der Waals surface area (Å²) in [6, 6.07) is 16.7. The van der Waals surface area contributed by atoms with Gasteiger partial charge in [0.25, 0.3) is 0 Å². The predicted molar refractivity (Wildman–Crippen MR) is 222 cm³/mol. The minimum atomic E-state index is -5.08. The summed E-state index contributed by atoms with van der Waals surface area (Å²) in [6.07, 6.45) is 4.66. The van der Waals surface area contributed by atoms with Gasteiger partial charge in [-0.3, -0.25) is 0 Å². The second-order valence-electron chi connectivity index (χ2n) is 16.7. The number of carboxylic acid groups (broad SMARTS) is 1. The fraction of sp³-hybridized carbons (Fsp3) is 0.581. The van der Waals surface area contributed by atoms with Crippen LogP contribution in [0, 0.1) is 22.7 Å². The van der Waals surface area contributed by atoms with Crippen LogP contribution in [0.5, 0.6) is 11.5 Å². The van der Waals surface area contributed by atoms with E-state index in [0.29, 0.717) is 34.2 Å². The average Bonchev–Trinajstić information content (AvgIpc) is 3.22. The lowest BCUT2D eigenvalue weighted by atomic mass is 9.71. The molecule has 4 aliphatic rings. The molecule has 4 saturated heterocycles. The van der Waals surface area contributed by atoms with Gasteiger partial charge in [-0.05, 0) is 125 Å². The number of aromatic nitrogens is 2. The van der Waals surface area contributed by atoms with E-state index in [2.05, 4.69) is 57.0 Å². The Hall–Kier alpha value is -3.87. The van der Waals surface area contributed by atoms with Crippen molar-refractivity contribution in [2.24, 2.45) is 11.3 Å². The van der Waals surface area contributed by atoms with Gasteiger partial charge in [0.05, 0.1) is 22.2 Å². The van der Waals surface area contributed by atoms with Crippen LogP contribution in [0.3, 0.4) is 0 Å². The number of anilines is 1. The third-order valence-corrected chi connectivity index (χ3v) is 12.8. The number of nitriles is 1. The van der Waals surface area contributed by atoms with Crippen LogP contribution in [0.15, 0.2) is 48.7 Å². The van der Waals surface area contributed by atoms with E-state index < -0.39 is 17.6 Å². The third-order valence-electron chi connectivity index (χ3n) is 12.4. The first kappa shape index (κ1) is 44.7. The molecule has 11 nitrogen and oxygen atoms in total. The van der Waals surface area contributed by atoms with Crippen LogP contribution < -0.4 is 19.7 Å². The summed E-state index contributed by atoms with van der Waals surface area (Å²) in [4.78, 5) is 26.3. The lowest BCUT2D eigenvalue weighted by molar-refractivity contribution is -0.192. The number of carboxylic acids is 1. The number of likely N-dealkylation sites (tertiary alicyclic amines) is 2. The molecule has 4 fully saturated rings. The molecule has 2 N–H and O–H groups in total. The summed E-state index contributed by atoms with van der Waals surface area (Å²) in [5, 5.41) is 20.8. The molecule has 5 heterocycles. The summed E-state index contributed by atoms with van der Waals surface area (Å²) in [7, 11) is 0. The highest BCUT2D eigenvalue weighted by molar-refractivity contribution is 6.32. The molecule has 3 aromatic rings. The van der Waals surface area contributed by atoms with Crippen molar-refractivity contribution in [2.75, 3.05) is 76.3 Å². The Labute approximate surface area is 354 Å². The van der Waals surface area contributed by atoms with E-state index in [1.165, 1.54) is 84.3 Å². The van der Waals surface area contributed by atoms with E-state index in [1.54, 1.807) is 0 Å². The lowest BCUT2D eigenvalue weighted by Gasteiger charge is -2.55. The monoisotopic (exact) mass is 859 g/mol. The maximum absolute atomic E-state index is 10.6. The van der Waals surface area contributed by atoms with Crippen LogP contribution in [-0.4, -0.2) is 114 Å². The van der Waals surface area contributed by atoms with E-state index in [-0.39, 0.29) is 6.61 Å². The van der Waals surface area contributed by atoms with Crippen molar-refractivity contribution in [1.82, 2.24) is 25.1 Å². The van der Waals surface area contributed by atoms with E-state index in [0.717, 1.165) is 53.6 Å². The molecule has 1 aromatic heterocycles. The number of hydrogen-bond acceptors (Lipinski definition) is 10. The average molecular weight is 861 g/mol. The Morgan fingerprint density at radius 2 is 1.66 bits per heavy atom. The van der Waals surface area contributed by atoms with Crippen LogP contribution >= 0.6 is 23.2 Å². The molecule has 0 unspecified atom stereocenters. The Kier molecular flexibility index (Phi) is 14.9. The molecule has 0 amide bonds. The second kappa shape index (κ2) is 19.7. The van der Waals surface area contributed by atoms with E-state index >= 15 is 0 Å². The lowest BCUT2D eigenvalue weighted by Crippen LogP contribution is -2.62. The van der Waals surface area contributed by atoms with E-state index in [9.17, 15) is 18.4 Å². The van der Waals surface area contributed by atoms with Gasteiger partial charge in [-0.2, -0.15) is 18.4 Å². The fourth-order valence-electron chi connectivity index (χ4n) is 8.71. The number of rotatable bonds is 12. The van der Waals surface area contributed by atoms with Gasteiger partial charge in [-0.1, -0.05) is 37.6 Å². The number of aliphatic carboxylic acids is 1. The molecule has 0 radical (unpaired) electrons. The zero-order valence-corrected chi connectivity index (χ0v) is 35.3. The number of piperidine rings is 3. The second-order valence-corrected chi connectivity index (χ2v) is 17.5. The third kappa shape index (κ3) is 11.5. The summed E-state index contributed by atoms with van der Waals surface area (Å²) in [5.41, 5.74) is 3.26. The molecule has 16 heteroatoms. The van der Waals surface area contributed by atoms with Gasteiger partial charge in [0, 0.05) is 42.7 Å². The summed E-state index contributed by atoms with van der Waals surface area (Å²) < 4.78 is 43.5. The fourth-order valence-corrected chi connectivity index (χ4v) is 9.07. The van der Waals surface area contributed by atoms with Gasteiger partial charge in [0.2, 0.25) is 5.95 Å². The first-order chi connectivity index (χ1) is 28.2. The van der Waals surface area contributed by atoms with Crippen molar-refractivity contribution in [3.8, 4) is 17.6 Å². The Balaban J connectivity index is 0.000000768. The number of benzene rings is 2. The van der Waals surface area contributed by atoms with Gasteiger partial charge in [0.15, 0.2) is 5.75 Å². The van der Waals surface area contributed by atoms with Gasteiger partial charge in [-0.25, -0.2) is 14.8 Å². The highest BCUT2D eigenvalue weighted by atomic mass is 35.5. The minimum Gasteiger partial charge on any atom is -0.489 e. The zero-order valence-electron chi connectivity index (χ0n) is 33.7. The molecule has 1 spiro atoms. The van der Waals surface area contributed by atoms with Crippen molar-refractivity contribution >= 4 is 35.1 Å². The minimum absolute atomic E-state index is 0.285. The molecule has 2 aromatic carbocycles. The number of nitrogens with zero attached hydrogens (tertiary/aromatic N) is 6. The normalized spacial score (nSPS) is 19.3. The van der Waals surface area contributed by atoms with Gasteiger partial charge in [-0.15, -0.1) is 11.6 Å². The van der Waals surface area contributed by atoms with Crippen LogP contribution in [0.25, 0.3) is 0 Å². The summed E-state index contributed by atoms with van der Waals surface area (Å²) in [6.45, 7) is 15.7. The van der Waals surface area contributed by atoms with Crippen LogP contribution in [0.4, 0.5) is 19.1 Å². The molecule has 59 heavy (non-hydrogen) atoms. The molecule has 0 bridgehead atoms. The molecule has 320 valence electrons. The number of halogens is 5. The molecule has 0 aliphatic carbocycles. The van der Waals surface area contributed by atoms with E-state index in [1.807, 2.05) is 36.5 Å². The quantitative estimate of drug-likeness (QED) is 0.176. The maximum Gasteiger partial charge on any atom is 0.490 e.